The molecule has 1 heterocycles. The van der Waals surface area contributed by atoms with Crippen LogP contribution < -0.4 is 9.21 Å². The molecule has 1 fully saturated rings. The van der Waals surface area contributed by atoms with Gasteiger partial charge < -0.3 is 9.80 Å². The molecule has 23 heavy (non-hydrogen) atoms. The minimum Gasteiger partial charge on any atom is -0.378 e. The first-order chi connectivity index (χ1) is 10.8. The van der Waals surface area contributed by atoms with Gasteiger partial charge in [0.15, 0.2) is 0 Å². The van der Waals surface area contributed by atoms with Gasteiger partial charge >= 0.3 is 0 Å². The summed E-state index contributed by atoms with van der Waals surface area (Å²) in [5.41, 5.74) is 1.49. The fourth-order valence-corrected chi connectivity index (χ4v) is 3.53. The van der Waals surface area contributed by atoms with Crippen LogP contribution in [0.2, 0.25) is 0 Å². The smallest absolute Gasteiger partial charge is 0.243 e. The summed E-state index contributed by atoms with van der Waals surface area (Å²) in [4.78, 5) is 16.1. The van der Waals surface area contributed by atoms with Crippen LogP contribution in [0.4, 0.5) is 11.4 Å². The molecular weight excluding hydrogens is 314 g/mol. The van der Waals surface area contributed by atoms with E-state index in [1.165, 1.54) is 4.31 Å². The zero-order valence-electron chi connectivity index (χ0n) is 14.0. The molecule has 0 atom stereocenters. The second-order valence-corrected chi connectivity index (χ2v) is 8.03. The number of likely N-dealkylation sites (tertiary alicyclic amines) is 1. The number of anilines is 2. The number of hydrogen-bond acceptors (Lipinski definition) is 4. The summed E-state index contributed by atoms with van der Waals surface area (Å²) in [5, 5.41) is 0. The highest BCUT2D eigenvalue weighted by Crippen LogP contribution is 2.22. The highest BCUT2D eigenvalue weighted by Gasteiger charge is 2.24. The van der Waals surface area contributed by atoms with Crippen molar-refractivity contribution in [3.05, 3.63) is 24.3 Å². The predicted molar refractivity (Wildman–Crippen MR) is 93.4 cm³/mol. The normalized spacial score (nSPS) is 15.3. The number of benzene rings is 1. The molecule has 0 unspecified atom stereocenters. The van der Waals surface area contributed by atoms with E-state index in [4.69, 9.17) is 0 Å². The van der Waals surface area contributed by atoms with Crippen LogP contribution in [0.3, 0.4) is 0 Å². The molecule has 0 bridgehead atoms. The van der Waals surface area contributed by atoms with Gasteiger partial charge in [0.05, 0.1) is 11.9 Å². The maximum Gasteiger partial charge on any atom is 0.243 e. The zero-order chi connectivity index (χ0) is 17.0. The van der Waals surface area contributed by atoms with Gasteiger partial charge in [-0.1, -0.05) is 0 Å². The lowest BCUT2D eigenvalue weighted by atomic mass is 10.1. The Morgan fingerprint density at radius 3 is 2.04 bits per heavy atom. The number of piperidine rings is 1. The van der Waals surface area contributed by atoms with Crippen LogP contribution >= 0.6 is 0 Å². The molecule has 1 aromatic rings. The Morgan fingerprint density at radius 2 is 1.57 bits per heavy atom. The summed E-state index contributed by atoms with van der Waals surface area (Å²) >= 11 is 0. The number of carbonyl (C=O) groups is 1. The lowest BCUT2D eigenvalue weighted by Crippen LogP contribution is -2.44. The summed E-state index contributed by atoms with van der Waals surface area (Å²) in [5.74, 6) is -0.133. The molecule has 0 spiro atoms. The minimum atomic E-state index is -3.51. The molecule has 0 radical (unpaired) electrons. The van der Waals surface area contributed by atoms with Crippen LogP contribution in [-0.4, -0.2) is 59.2 Å². The summed E-state index contributed by atoms with van der Waals surface area (Å²) < 4.78 is 25.4. The number of sulfonamides is 1. The summed E-state index contributed by atoms with van der Waals surface area (Å²) in [7, 11) is 0.327. The fraction of sp³-hybridized carbons (Fsp3) is 0.562. The van der Waals surface area contributed by atoms with Gasteiger partial charge in [-0.2, -0.15) is 0 Å². The molecule has 0 aromatic heterocycles. The second-order valence-electron chi connectivity index (χ2n) is 6.12. The van der Waals surface area contributed by atoms with Gasteiger partial charge in [0, 0.05) is 32.9 Å². The van der Waals surface area contributed by atoms with Crippen LogP contribution in [-0.2, 0) is 14.8 Å². The molecule has 0 aliphatic carbocycles. The van der Waals surface area contributed by atoms with Gasteiger partial charge in [-0.3, -0.25) is 9.10 Å². The van der Waals surface area contributed by atoms with Crippen molar-refractivity contribution in [3.63, 3.8) is 0 Å². The van der Waals surface area contributed by atoms with Gasteiger partial charge in [0.1, 0.15) is 6.54 Å². The lowest BCUT2D eigenvalue weighted by Gasteiger charge is -2.30. The van der Waals surface area contributed by atoms with E-state index in [9.17, 15) is 13.2 Å². The van der Waals surface area contributed by atoms with E-state index in [2.05, 4.69) is 0 Å². The Balaban J connectivity index is 2.18. The third kappa shape index (κ3) is 4.60. The largest absolute Gasteiger partial charge is 0.378 e. The Labute approximate surface area is 138 Å². The van der Waals surface area contributed by atoms with Gasteiger partial charge in [0.25, 0.3) is 0 Å². The van der Waals surface area contributed by atoms with E-state index in [0.29, 0.717) is 5.69 Å². The molecule has 1 aliphatic rings. The van der Waals surface area contributed by atoms with Crippen LogP contribution in [0.1, 0.15) is 19.3 Å². The van der Waals surface area contributed by atoms with Crippen molar-refractivity contribution in [1.29, 1.82) is 0 Å². The average Bonchev–Trinajstić information content (AvgIpc) is 2.52. The molecule has 1 aliphatic heterocycles. The minimum absolute atomic E-state index is 0.133. The molecule has 7 heteroatoms. The number of hydrogen-bond donors (Lipinski definition) is 0. The third-order valence-electron chi connectivity index (χ3n) is 4.04. The molecule has 0 saturated carbocycles. The Hall–Kier alpha value is -1.76. The fourth-order valence-electron chi connectivity index (χ4n) is 2.68. The van der Waals surface area contributed by atoms with E-state index >= 15 is 0 Å². The third-order valence-corrected chi connectivity index (χ3v) is 5.18. The van der Waals surface area contributed by atoms with E-state index in [0.717, 1.165) is 44.3 Å². The van der Waals surface area contributed by atoms with Crippen molar-refractivity contribution in [1.82, 2.24) is 4.90 Å². The van der Waals surface area contributed by atoms with Crippen LogP contribution in [0.5, 0.6) is 0 Å². The maximum atomic E-state index is 12.4. The van der Waals surface area contributed by atoms with Crippen molar-refractivity contribution in [2.24, 2.45) is 0 Å². The molecule has 128 valence electrons. The van der Waals surface area contributed by atoms with Gasteiger partial charge in [-0.25, -0.2) is 8.42 Å². The highest BCUT2D eigenvalue weighted by atomic mass is 32.2. The first-order valence-corrected chi connectivity index (χ1v) is 9.67. The predicted octanol–water partition coefficient (Wildman–Crippen LogP) is 1.53. The molecule has 1 aromatic carbocycles. The Kier molecular flexibility index (Phi) is 5.51. The summed E-state index contributed by atoms with van der Waals surface area (Å²) in [6.07, 6.45) is 4.24. The zero-order valence-corrected chi connectivity index (χ0v) is 14.8. The van der Waals surface area contributed by atoms with Crippen molar-refractivity contribution in [2.45, 2.75) is 19.3 Å². The first-order valence-electron chi connectivity index (χ1n) is 7.82. The summed E-state index contributed by atoms with van der Waals surface area (Å²) in [6, 6.07) is 7.16. The number of rotatable bonds is 5. The Morgan fingerprint density at radius 1 is 1.04 bits per heavy atom. The van der Waals surface area contributed by atoms with Gasteiger partial charge in [-0.15, -0.1) is 0 Å². The van der Waals surface area contributed by atoms with Crippen LogP contribution in [0, 0.1) is 0 Å². The first kappa shape index (κ1) is 17.6. The summed E-state index contributed by atoms with van der Waals surface area (Å²) in [6.45, 7) is 1.30. The van der Waals surface area contributed by atoms with Crippen molar-refractivity contribution in [2.75, 3.05) is 49.2 Å². The second kappa shape index (κ2) is 7.21. The molecule has 0 N–H and O–H groups in total. The van der Waals surface area contributed by atoms with E-state index in [1.54, 1.807) is 17.0 Å². The SMILES string of the molecule is CN(C)c1ccc(N(CC(=O)N2CCCCC2)S(C)(=O)=O)cc1. The molecule has 2 rings (SSSR count). The number of nitrogens with zero attached hydrogens (tertiary/aromatic N) is 3. The van der Waals surface area contributed by atoms with Crippen molar-refractivity contribution >= 4 is 27.3 Å². The maximum absolute atomic E-state index is 12.4. The van der Waals surface area contributed by atoms with E-state index < -0.39 is 10.0 Å². The number of carbonyl (C=O) groups excluding carboxylic acids is 1. The van der Waals surface area contributed by atoms with Crippen LogP contribution in [0.15, 0.2) is 24.3 Å². The van der Waals surface area contributed by atoms with Crippen molar-refractivity contribution in [3.8, 4) is 0 Å². The molecule has 6 nitrogen and oxygen atoms in total. The van der Waals surface area contributed by atoms with E-state index in [-0.39, 0.29) is 12.5 Å². The van der Waals surface area contributed by atoms with Gasteiger partial charge in [-0.05, 0) is 43.5 Å². The van der Waals surface area contributed by atoms with Gasteiger partial charge in [0.2, 0.25) is 15.9 Å². The van der Waals surface area contributed by atoms with E-state index in [1.807, 2.05) is 31.1 Å². The topological polar surface area (TPSA) is 60.9 Å². The molecule has 1 saturated heterocycles. The highest BCUT2D eigenvalue weighted by molar-refractivity contribution is 7.92. The molecule has 1 amide bonds. The monoisotopic (exact) mass is 339 g/mol. The average molecular weight is 339 g/mol. The molecular formula is C16H25N3O3S. The number of amides is 1. The lowest BCUT2D eigenvalue weighted by molar-refractivity contribution is -0.130. The Bertz CT molecular complexity index is 635. The standard InChI is InChI=1S/C16H25N3O3S/c1-17(2)14-7-9-15(10-8-14)19(23(3,21)22)13-16(20)18-11-5-4-6-12-18/h7-10H,4-6,11-13H2,1-3H3. The quantitative estimate of drug-likeness (QED) is 0.816. The van der Waals surface area contributed by atoms with Crippen molar-refractivity contribution < 1.29 is 13.2 Å². The van der Waals surface area contributed by atoms with Crippen LogP contribution in [0.25, 0.3) is 0 Å².